The quantitative estimate of drug-likeness (QED) is 0.625. The lowest BCUT2D eigenvalue weighted by Gasteiger charge is -2.28. The summed E-state index contributed by atoms with van der Waals surface area (Å²) in [6.07, 6.45) is 1.38. The third-order valence-electron chi connectivity index (χ3n) is 5.44. The summed E-state index contributed by atoms with van der Waals surface area (Å²) >= 11 is 0. The average molecular weight is 403 g/mol. The first-order valence-corrected chi connectivity index (χ1v) is 9.49. The number of carbonyl (C=O) groups is 2. The van der Waals surface area contributed by atoms with Gasteiger partial charge in [-0.25, -0.2) is 0 Å². The molecule has 0 radical (unpaired) electrons. The van der Waals surface area contributed by atoms with Gasteiger partial charge in [-0.15, -0.1) is 0 Å². The van der Waals surface area contributed by atoms with Crippen LogP contribution in [0.2, 0.25) is 0 Å². The summed E-state index contributed by atoms with van der Waals surface area (Å²) < 4.78 is 10.6. The van der Waals surface area contributed by atoms with Crippen LogP contribution in [0.1, 0.15) is 33.3 Å². The van der Waals surface area contributed by atoms with Gasteiger partial charge in [-0.05, 0) is 60.9 Å². The van der Waals surface area contributed by atoms with Crippen LogP contribution in [0.3, 0.4) is 0 Å². The van der Waals surface area contributed by atoms with Crippen LogP contribution >= 0.6 is 0 Å². The van der Waals surface area contributed by atoms with E-state index in [1.807, 2.05) is 26.0 Å². The van der Waals surface area contributed by atoms with Crippen molar-refractivity contribution in [2.75, 3.05) is 12.0 Å². The molecular formula is C24H21NO5. The predicted octanol–water partition coefficient (Wildman–Crippen LogP) is 4.69. The fourth-order valence-electron chi connectivity index (χ4n) is 3.75. The van der Waals surface area contributed by atoms with Crippen LogP contribution in [0, 0.1) is 13.8 Å². The number of aliphatic hydroxyl groups is 1. The molecule has 0 bridgehead atoms. The van der Waals surface area contributed by atoms with Gasteiger partial charge in [-0.3, -0.25) is 14.5 Å². The van der Waals surface area contributed by atoms with Crippen LogP contribution in [-0.2, 0) is 4.79 Å². The summed E-state index contributed by atoms with van der Waals surface area (Å²) in [5.74, 6) is -1.11. The topological polar surface area (TPSA) is 80.0 Å². The Morgan fingerprint density at radius 2 is 1.87 bits per heavy atom. The smallest absolute Gasteiger partial charge is 0.294 e. The van der Waals surface area contributed by atoms with E-state index in [2.05, 4.69) is 0 Å². The van der Waals surface area contributed by atoms with Crippen LogP contribution in [0.5, 0.6) is 5.75 Å². The van der Waals surface area contributed by atoms with Gasteiger partial charge in [-0.2, -0.15) is 0 Å². The zero-order chi connectivity index (χ0) is 21.4. The number of hydrogen-bond acceptors (Lipinski definition) is 5. The molecular weight excluding hydrogens is 382 g/mol. The molecule has 1 aliphatic heterocycles. The number of anilines is 1. The Morgan fingerprint density at radius 3 is 2.57 bits per heavy atom. The molecule has 152 valence electrons. The number of methoxy groups -OCH3 is 1. The normalized spacial score (nSPS) is 16.3. The average Bonchev–Trinajstić information content (AvgIpc) is 3.38. The van der Waals surface area contributed by atoms with E-state index in [-0.39, 0.29) is 11.3 Å². The van der Waals surface area contributed by atoms with Crippen LogP contribution in [0.4, 0.5) is 5.69 Å². The highest BCUT2D eigenvalue weighted by Gasteiger charge is 2.45. The Balaban J connectivity index is 1.93. The lowest BCUT2D eigenvalue weighted by Crippen LogP contribution is -2.31. The molecule has 3 aromatic rings. The molecule has 6 nitrogen and oxygen atoms in total. The second kappa shape index (κ2) is 7.55. The number of amides is 1. The fourth-order valence-corrected chi connectivity index (χ4v) is 3.75. The summed E-state index contributed by atoms with van der Waals surface area (Å²) in [4.78, 5) is 27.9. The van der Waals surface area contributed by atoms with E-state index in [1.54, 1.807) is 43.5 Å². The van der Waals surface area contributed by atoms with E-state index in [1.165, 1.54) is 17.2 Å². The maximum atomic E-state index is 13.2. The van der Waals surface area contributed by atoms with E-state index in [0.717, 1.165) is 11.1 Å². The number of nitrogens with zero attached hydrogens (tertiary/aromatic N) is 1. The number of rotatable bonds is 5. The largest absolute Gasteiger partial charge is 0.503 e. The first-order chi connectivity index (χ1) is 14.4. The van der Waals surface area contributed by atoms with E-state index in [0.29, 0.717) is 17.0 Å². The van der Waals surface area contributed by atoms with Gasteiger partial charge in [0.25, 0.3) is 5.91 Å². The molecule has 0 aliphatic carbocycles. The van der Waals surface area contributed by atoms with Gasteiger partial charge in [0.15, 0.2) is 11.5 Å². The molecule has 6 heteroatoms. The van der Waals surface area contributed by atoms with Gasteiger partial charge in [0, 0.05) is 5.69 Å². The molecule has 1 aromatic heterocycles. The zero-order valence-electron chi connectivity index (χ0n) is 16.9. The molecule has 0 spiro atoms. The highest BCUT2D eigenvalue weighted by molar-refractivity contribution is 6.20. The molecule has 1 aliphatic rings. The Bertz CT molecular complexity index is 1160. The van der Waals surface area contributed by atoms with Gasteiger partial charge >= 0.3 is 0 Å². The minimum Gasteiger partial charge on any atom is -0.503 e. The Hall–Kier alpha value is -3.80. The number of carbonyl (C=O) groups excluding carboxylic acids is 2. The van der Waals surface area contributed by atoms with Crippen LogP contribution in [0.15, 0.2) is 76.6 Å². The molecule has 0 saturated carbocycles. The van der Waals surface area contributed by atoms with Crippen LogP contribution in [0.25, 0.3) is 0 Å². The molecule has 1 unspecified atom stereocenters. The standard InChI is InChI=1S/C24H21NO5/c1-14-7-4-10-18(15(14)2)25-21(16-8-5-9-17(13-16)29-3)20(23(27)24(25)28)22(26)19-11-6-12-30-19/h4-13,21,27H,1-3H3. The lowest BCUT2D eigenvalue weighted by molar-refractivity contribution is -0.117. The molecule has 1 atom stereocenters. The lowest BCUT2D eigenvalue weighted by atomic mass is 9.94. The third-order valence-corrected chi connectivity index (χ3v) is 5.44. The minimum absolute atomic E-state index is 0.0240. The van der Waals surface area contributed by atoms with Gasteiger partial charge in [-0.1, -0.05) is 24.3 Å². The number of aryl methyl sites for hydroxylation is 1. The van der Waals surface area contributed by atoms with E-state index in [9.17, 15) is 14.7 Å². The molecule has 30 heavy (non-hydrogen) atoms. The van der Waals surface area contributed by atoms with Crippen molar-refractivity contribution in [3.05, 3.63) is 94.6 Å². The van der Waals surface area contributed by atoms with Gasteiger partial charge in [0.05, 0.1) is 25.0 Å². The van der Waals surface area contributed by atoms with Crippen LogP contribution in [-0.4, -0.2) is 23.9 Å². The first kappa shape index (κ1) is 19.5. The van der Waals surface area contributed by atoms with Crippen LogP contribution < -0.4 is 9.64 Å². The van der Waals surface area contributed by atoms with Gasteiger partial charge < -0.3 is 14.3 Å². The van der Waals surface area contributed by atoms with Crippen molar-refractivity contribution in [1.29, 1.82) is 0 Å². The van der Waals surface area contributed by atoms with Crippen molar-refractivity contribution in [3.63, 3.8) is 0 Å². The van der Waals surface area contributed by atoms with Crippen molar-refractivity contribution < 1.29 is 23.8 Å². The molecule has 4 rings (SSSR count). The molecule has 0 fully saturated rings. The Kier molecular flexibility index (Phi) is 4.91. The highest BCUT2D eigenvalue weighted by Crippen LogP contribution is 2.43. The number of furan rings is 1. The van der Waals surface area contributed by atoms with Gasteiger partial charge in [0.2, 0.25) is 5.78 Å². The third kappa shape index (κ3) is 3.06. The van der Waals surface area contributed by atoms with Crippen molar-refractivity contribution in [3.8, 4) is 5.75 Å². The molecule has 1 amide bonds. The fraction of sp³-hybridized carbons (Fsp3) is 0.167. The van der Waals surface area contributed by atoms with Crippen molar-refractivity contribution in [1.82, 2.24) is 0 Å². The summed E-state index contributed by atoms with van der Waals surface area (Å²) in [5, 5.41) is 10.8. The summed E-state index contributed by atoms with van der Waals surface area (Å²) in [6.45, 7) is 3.85. The number of aliphatic hydroxyl groups excluding tert-OH is 1. The Labute approximate surface area is 174 Å². The van der Waals surface area contributed by atoms with E-state index < -0.39 is 23.5 Å². The number of benzene rings is 2. The monoisotopic (exact) mass is 403 g/mol. The molecule has 0 saturated heterocycles. The minimum atomic E-state index is -0.828. The Morgan fingerprint density at radius 1 is 1.10 bits per heavy atom. The maximum Gasteiger partial charge on any atom is 0.294 e. The number of hydrogen-bond donors (Lipinski definition) is 1. The van der Waals surface area contributed by atoms with Crippen molar-refractivity contribution >= 4 is 17.4 Å². The number of ketones is 1. The number of Topliss-reactive ketones (excluding diaryl/α,β-unsaturated/α-hetero) is 1. The number of ether oxygens (including phenoxy) is 1. The summed E-state index contributed by atoms with van der Waals surface area (Å²) in [6, 6.07) is 15.0. The SMILES string of the molecule is COc1cccc(C2C(C(=O)c3ccco3)=C(O)C(=O)N2c2cccc(C)c2C)c1. The summed E-state index contributed by atoms with van der Waals surface area (Å²) in [7, 11) is 1.55. The predicted molar refractivity (Wildman–Crippen MR) is 112 cm³/mol. The maximum absolute atomic E-state index is 13.2. The van der Waals surface area contributed by atoms with E-state index >= 15 is 0 Å². The highest BCUT2D eigenvalue weighted by atomic mass is 16.5. The molecule has 1 N–H and O–H groups in total. The molecule has 2 heterocycles. The second-order valence-electron chi connectivity index (χ2n) is 7.14. The zero-order valence-corrected chi connectivity index (χ0v) is 16.9. The second-order valence-corrected chi connectivity index (χ2v) is 7.14. The summed E-state index contributed by atoms with van der Waals surface area (Å²) in [5.41, 5.74) is 3.13. The van der Waals surface area contributed by atoms with Crippen molar-refractivity contribution in [2.45, 2.75) is 19.9 Å². The van der Waals surface area contributed by atoms with E-state index in [4.69, 9.17) is 9.15 Å². The van der Waals surface area contributed by atoms with Gasteiger partial charge in [0.1, 0.15) is 5.75 Å². The van der Waals surface area contributed by atoms with Crippen molar-refractivity contribution in [2.24, 2.45) is 0 Å². The first-order valence-electron chi connectivity index (χ1n) is 9.49. The molecule has 2 aromatic carbocycles.